The number of aliphatic carboxylic acids is 1. The summed E-state index contributed by atoms with van der Waals surface area (Å²) in [5.41, 5.74) is 0.345. The first kappa shape index (κ1) is 13.4. The van der Waals surface area contributed by atoms with E-state index in [0.717, 1.165) is 6.07 Å². The molecule has 0 aliphatic rings. The molecule has 0 spiro atoms. The van der Waals surface area contributed by atoms with E-state index in [1.54, 1.807) is 0 Å². The third-order valence-corrected chi connectivity index (χ3v) is 2.43. The number of hydrogen-bond acceptors (Lipinski definition) is 2. The van der Waals surface area contributed by atoms with Crippen LogP contribution in [-0.4, -0.2) is 23.5 Å². The summed E-state index contributed by atoms with van der Waals surface area (Å²) in [6, 6.07) is 2.39. The van der Waals surface area contributed by atoms with Gasteiger partial charge in [-0.1, -0.05) is 11.6 Å². The van der Waals surface area contributed by atoms with Crippen molar-refractivity contribution in [1.29, 1.82) is 0 Å². The first-order valence-electron chi connectivity index (χ1n) is 4.87. The monoisotopic (exact) mass is 259 g/mol. The minimum Gasteiger partial charge on any atom is -0.481 e. The van der Waals surface area contributed by atoms with Crippen LogP contribution in [0, 0.1) is 12.7 Å². The maximum absolute atomic E-state index is 13.2. The molecule has 0 heterocycles. The van der Waals surface area contributed by atoms with E-state index in [-0.39, 0.29) is 23.6 Å². The van der Waals surface area contributed by atoms with Crippen LogP contribution in [0.5, 0.6) is 0 Å². The fraction of sp³-hybridized carbons (Fsp3) is 0.273. The number of benzene rings is 1. The SMILES string of the molecule is Cc1cc(Cl)c(C(=O)NCCC(=O)O)cc1F. The number of carboxylic acid groups (broad SMARTS) is 1. The summed E-state index contributed by atoms with van der Waals surface area (Å²) in [6.45, 7) is 1.51. The summed E-state index contributed by atoms with van der Waals surface area (Å²) in [6.07, 6.45) is -0.197. The van der Waals surface area contributed by atoms with Gasteiger partial charge in [-0.05, 0) is 24.6 Å². The van der Waals surface area contributed by atoms with E-state index >= 15 is 0 Å². The predicted octanol–water partition coefficient (Wildman–Crippen LogP) is 1.99. The lowest BCUT2D eigenvalue weighted by atomic mass is 10.1. The van der Waals surface area contributed by atoms with Crippen molar-refractivity contribution < 1.29 is 19.1 Å². The molecular formula is C11H11ClFNO3. The summed E-state index contributed by atoms with van der Waals surface area (Å²) < 4.78 is 13.2. The standard InChI is InChI=1S/C11H11ClFNO3/c1-6-4-8(12)7(5-9(6)13)11(17)14-3-2-10(15)16/h4-5H,2-3H2,1H3,(H,14,17)(H,15,16). The molecule has 0 saturated carbocycles. The molecule has 1 rings (SSSR count). The van der Waals surface area contributed by atoms with Gasteiger partial charge < -0.3 is 10.4 Å². The van der Waals surface area contributed by atoms with Gasteiger partial charge in [0, 0.05) is 6.54 Å². The fourth-order valence-electron chi connectivity index (χ4n) is 1.20. The molecule has 92 valence electrons. The Morgan fingerprint density at radius 3 is 2.71 bits per heavy atom. The van der Waals surface area contributed by atoms with Crippen molar-refractivity contribution >= 4 is 23.5 Å². The molecule has 0 aromatic heterocycles. The Hall–Kier alpha value is -1.62. The van der Waals surface area contributed by atoms with Crippen LogP contribution in [0.2, 0.25) is 5.02 Å². The maximum atomic E-state index is 13.2. The zero-order valence-corrected chi connectivity index (χ0v) is 9.84. The van der Waals surface area contributed by atoms with Gasteiger partial charge in [0.25, 0.3) is 5.91 Å². The maximum Gasteiger partial charge on any atom is 0.305 e. The summed E-state index contributed by atoms with van der Waals surface area (Å²) in [7, 11) is 0. The fourth-order valence-corrected chi connectivity index (χ4v) is 1.50. The Kier molecular flexibility index (Phi) is 4.45. The number of rotatable bonds is 4. The molecule has 0 fully saturated rings. The Labute approximate surface area is 102 Å². The Morgan fingerprint density at radius 1 is 1.47 bits per heavy atom. The predicted molar refractivity (Wildman–Crippen MR) is 60.7 cm³/mol. The van der Waals surface area contributed by atoms with Crippen molar-refractivity contribution in [3.05, 3.63) is 34.1 Å². The van der Waals surface area contributed by atoms with Crippen molar-refractivity contribution in [2.45, 2.75) is 13.3 Å². The zero-order chi connectivity index (χ0) is 13.0. The van der Waals surface area contributed by atoms with E-state index in [0.29, 0.717) is 5.56 Å². The summed E-state index contributed by atoms with van der Waals surface area (Å²) >= 11 is 5.79. The van der Waals surface area contributed by atoms with E-state index in [2.05, 4.69) is 5.32 Å². The van der Waals surface area contributed by atoms with Crippen molar-refractivity contribution in [2.24, 2.45) is 0 Å². The number of hydrogen-bond donors (Lipinski definition) is 2. The summed E-state index contributed by atoms with van der Waals surface area (Å²) in [5.74, 6) is -2.14. The molecular weight excluding hydrogens is 249 g/mol. The van der Waals surface area contributed by atoms with Crippen LogP contribution in [0.1, 0.15) is 22.3 Å². The van der Waals surface area contributed by atoms with Gasteiger partial charge >= 0.3 is 5.97 Å². The molecule has 6 heteroatoms. The van der Waals surface area contributed by atoms with Crippen LogP contribution in [0.3, 0.4) is 0 Å². The van der Waals surface area contributed by atoms with E-state index in [4.69, 9.17) is 16.7 Å². The molecule has 1 amide bonds. The lowest BCUT2D eigenvalue weighted by molar-refractivity contribution is -0.136. The lowest BCUT2D eigenvalue weighted by Crippen LogP contribution is -2.26. The van der Waals surface area contributed by atoms with Gasteiger partial charge in [0.2, 0.25) is 0 Å². The number of carbonyl (C=O) groups excluding carboxylic acids is 1. The minimum absolute atomic E-state index is 0.000144. The molecule has 0 bridgehead atoms. The second-order valence-corrected chi connectivity index (χ2v) is 3.89. The Morgan fingerprint density at radius 2 is 2.12 bits per heavy atom. The van der Waals surface area contributed by atoms with Crippen molar-refractivity contribution in [3.63, 3.8) is 0 Å². The highest BCUT2D eigenvalue weighted by atomic mass is 35.5. The molecule has 1 aromatic rings. The highest BCUT2D eigenvalue weighted by molar-refractivity contribution is 6.33. The summed E-state index contributed by atoms with van der Waals surface area (Å²) in [5, 5.41) is 10.9. The average molecular weight is 260 g/mol. The minimum atomic E-state index is -1.02. The molecule has 0 aliphatic heterocycles. The number of aryl methyl sites for hydroxylation is 1. The molecule has 0 aliphatic carbocycles. The van der Waals surface area contributed by atoms with Crippen LogP contribution in [0.15, 0.2) is 12.1 Å². The molecule has 1 aromatic carbocycles. The second-order valence-electron chi connectivity index (χ2n) is 3.48. The van der Waals surface area contributed by atoms with E-state index in [9.17, 15) is 14.0 Å². The number of carbonyl (C=O) groups is 2. The van der Waals surface area contributed by atoms with Gasteiger partial charge in [-0.3, -0.25) is 9.59 Å². The van der Waals surface area contributed by atoms with Gasteiger partial charge in [-0.2, -0.15) is 0 Å². The molecule has 0 radical (unpaired) electrons. The van der Waals surface area contributed by atoms with Crippen molar-refractivity contribution in [2.75, 3.05) is 6.54 Å². The van der Waals surface area contributed by atoms with E-state index < -0.39 is 17.7 Å². The van der Waals surface area contributed by atoms with Gasteiger partial charge in [-0.15, -0.1) is 0 Å². The van der Waals surface area contributed by atoms with Crippen molar-refractivity contribution in [3.8, 4) is 0 Å². The first-order chi connectivity index (χ1) is 7.91. The molecule has 0 unspecified atom stereocenters. The van der Waals surface area contributed by atoms with Crippen LogP contribution in [-0.2, 0) is 4.79 Å². The second kappa shape index (κ2) is 5.63. The molecule has 0 saturated heterocycles. The number of nitrogens with one attached hydrogen (secondary N) is 1. The Balaban J connectivity index is 2.75. The third kappa shape index (κ3) is 3.71. The largest absolute Gasteiger partial charge is 0.481 e. The van der Waals surface area contributed by atoms with E-state index in [1.165, 1.54) is 13.0 Å². The highest BCUT2D eigenvalue weighted by Crippen LogP contribution is 2.20. The molecule has 0 atom stereocenters. The van der Waals surface area contributed by atoms with Gasteiger partial charge in [0.05, 0.1) is 17.0 Å². The lowest BCUT2D eigenvalue weighted by Gasteiger charge is -2.07. The number of carboxylic acids is 1. The number of halogens is 2. The van der Waals surface area contributed by atoms with Crippen LogP contribution in [0.25, 0.3) is 0 Å². The molecule has 17 heavy (non-hydrogen) atoms. The van der Waals surface area contributed by atoms with Crippen LogP contribution >= 0.6 is 11.6 Å². The van der Waals surface area contributed by atoms with Gasteiger partial charge in [-0.25, -0.2) is 4.39 Å². The van der Waals surface area contributed by atoms with Gasteiger partial charge in [0.15, 0.2) is 0 Å². The number of amides is 1. The average Bonchev–Trinajstić information content (AvgIpc) is 2.22. The quantitative estimate of drug-likeness (QED) is 0.869. The topological polar surface area (TPSA) is 66.4 Å². The third-order valence-electron chi connectivity index (χ3n) is 2.12. The Bertz CT molecular complexity index is 462. The van der Waals surface area contributed by atoms with Crippen LogP contribution in [0.4, 0.5) is 4.39 Å². The molecule has 4 nitrogen and oxygen atoms in total. The summed E-state index contributed by atoms with van der Waals surface area (Å²) in [4.78, 5) is 21.8. The van der Waals surface area contributed by atoms with Gasteiger partial charge in [0.1, 0.15) is 5.82 Å². The van der Waals surface area contributed by atoms with Crippen LogP contribution < -0.4 is 5.32 Å². The van der Waals surface area contributed by atoms with Crippen molar-refractivity contribution in [1.82, 2.24) is 5.32 Å². The smallest absolute Gasteiger partial charge is 0.305 e. The molecule has 2 N–H and O–H groups in total. The van der Waals surface area contributed by atoms with E-state index in [1.807, 2.05) is 0 Å². The highest BCUT2D eigenvalue weighted by Gasteiger charge is 2.13. The normalized spacial score (nSPS) is 10.1. The first-order valence-corrected chi connectivity index (χ1v) is 5.25. The zero-order valence-electron chi connectivity index (χ0n) is 9.09.